The summed E-state index contributed by atoms with van der Waals surface area (Å²) in [6.07, 6.45) is 7.67. The zero-order chi connectivity index (χ0) is 23.1. The minimum absolute atomic E-state index is 0.0749. The molecule has 3 rings (SSSR count). The lowest BCUT2D eigenvalue weighted by Gasteiger charge is -2.30. The number of fused-ring (bicyclic) bond motifs is 5. The van der Waals surface area contributed by atoms with Crippen molar-refractivity contribution in [1.82, 2.24) is 4.57 Å². The highest BCUT2D eigenvalue weighted by Gasteiger charge is 2.44. The molecule has 6 heteroatoms. The first kappa shape index (κ1) is 23.5. The number of nitrogens with zero attached hydrogens (tertiary/aromatic N) is 2. The van der Waals surface area contributed by atoms with Gasteiger partial charge in [-0.15, -0.1) is 0 Å². The average Bonchev–Trinajstić information content (AvgIpc) is 3.21. The van der Waals surface area contributed by atoms with Crippen LogP contribution in [-0.4, -0.2) is 58.0 Å². The van der Waals surface area contributed by atoms with Crippen molar-refractivity contribution in [2.45, 2.75) is 71.4 Å². The van der Waals surface area contributed by atoms with Crippen molar-refractivity contribution in [1.29, 1.82) is 0 Å². The zero-order valence-corrected chi connectivity index (χ0v) is 20.1. The van der Waals surface area contributed by atoms with E-state index in [0.717, 1.165) is 30.6 Å². The number of hydrogen-bond acceptors (Lipinski definition) is 4. The Morgan fingerprint density at radius 1 is 1.13 bits per heavy atom. The molecule has 172 valence electrons. The molecule has 2 unspecified atom stereocenters. The molecular weight excluding hydrogens is 392 g/mol. The van der Waals surface area contributed by atoms with Gasteiger partial charge in [-0.1, -0.05) is 37.6 Å². The van der Waals surface area contributed by atoms with Gasteiger partial charge in [0.1, 0.15) is 5.60 Å². The second kappa shape index (κ2) is 8.38. The van der Waals surface area contributed by atoms with Crippen molar-refractivity contribution in [3.8, 4) is 11.8 Å². The van der Waals surface area contributed by atoms with Crippen molar-refractivity contribution < 1.29 is 24.2 Å². The number of hydrogen-bond donors (Lipinski definition) is 2. The molecule has 31 heavy (non-hydrogen) atoms. The van der Waals surface area contributed by atoms with Crippen LogP contribution in [0, 0.1) is 5.92 Å². The maximum absolute atomic E-state index is 11.9. The molecule has 2 bridgehead atoms. The average molecular weight is 432 g/mol. The van der Waals surface area contributed by atoms with Gasteiger partial charge in [-0.05, 0) is 26.7 Å². The number of esters is 1. The van der Waals surface area contributed by atoms with Crippen molar-refractivity contribution in [3.05, 3.63) is 34.9 Å². The highest BCUT2D eigenvalue weighted by atomic mass is 16.6. The number of rotatable bonds is 8. The third-order valence-corrected chi connectivity index (χ3v) is 6.14. The number of carbonyl (C=O) groups is 1. The van der Waals surface area contributed by atoms with Crippen LogP contribution in [0.3, 0.4) is 0 Å². The molecule has 0 radical (unpaired) electrons. The van der Waals surface area contributed by atoms with E-state index >= 15 is 0 Å². The van der Waals surface area contributed by atoms with Gasteiger partial charge in [0, 0.05) is 29.4 Å². The van der Waals surface area contributed by atoms with E-state index < -0.39 is 5.60 Å². The summed E-state index contributed by atoms with van der Waals surface area (Å²) < 4.78 is 7.72. The zero-order valence-electron chi connectivity index (χ0n) is 20.1. The molecule has 0 fully saturated rings. The Morgan fingerprint density at radius 3 is 2.16 bits per heavy atom. The molecule has 0 saturated carbocycles. The van der Waals surface area contributed by atoms with Gasteiger partial charge in [0.15, 0.2) is 11.8 Å². The first-order chi connectivity index (χ1) is 14.3. The summed E-state index contributed by atoms with van der Waals surface area (Å²) in [5.41, 5.74) is 2.55. The van der Waals surface area contributed by atoms with Crippen LogP contribution in [-0.2, 0) is 16.1 Å². The molecule has 0 aliphatic heterocycles. The summed E-state index contributed by atoms with van der Waals surface area (Å²) in [4.78, 5) is 11.9. The van der Waals surface area contributed by atoms with E-state index in [1.54, 1.807) is 4.57 Å². The maximum atomic E-state index is 11.9. The van der Waals surface area contributed by atoms with Crippen molar-refractivity contribution in [2.75, 3.05) is 27.2 Å². The van der Waals surface area contributed by atoms with Crippen LogP contribution in [0.1, 0.15) is 70.4 Å². The quantitative estimate of drug-likeness (QED) is 0.363. The molecule has 0 amide bonds. The van der Waals surface area contributed by atoms with Gasteiger partial charge in [-0.3, -0.25) is 9.36 Å². The predicted octanol–water partition coefficient (Wildman–Crippen LogP) is 4.43. The van der Waals surface area contributed by atoms with Crippen LogP contribution in [0.5, 0.6) is 11.8 Å². The monoisotopic (exact) mass is 431 g/mol. The molecule has 0 aromatic carbocycles. The summed E-state index contributed by atoms with van der Waals surface area (Å²) in [6, 6.07) is 0. The molecule has 2 N–H and O–H groups in total. The van der Waals surface area contributed by atoms with Gasteiger partial charge in [-0.25, -0.2) is 0 Å². The Hall–Kier alpha value is -2.21. The van der Waals surface area contributed by atoms with Gasteiger partial charge in [0.05, 0.1) is 40.2 Å². The van der Waals surface area contributed by atoms with E-state index in [0.29, 0.717) is 23.4 Å². The molecule has 0 spiro atoms. The normalized spacial score (nSPS) is 19.9. The predicted molar refractivity (Wildman–Crippen MR) is 122 cm³/mol. The molecule has 1 aromatic rings. The van der Waals surface area contributed by atoms with Crippen LogP contribution in [0.4, 0.5) is 0 Å². The van der Waals surface area contributed by atoms with E-state index in [9.17, 15) is 15.0 Å². The van der Waals surface area contributed by atoms with E-state index in [2.05, 4.69) is 46.2 Å². The Morgan fingerprint density at radius 2 is 1.68 bits per heavy atom. The Bertz CT molecular complexity index is 860. The van der Waals surface area contributed by atoms with Crippen molar-refractivity contribution in [2.24, 2.45) is 5.92 Å². The summed E-state index contributed by atoms with van der Waals surface area (Å²) in [5, 5.41) is 21.9. The highest BCUT2D eigenvalue weighted by molar-refractivity contribution is 5.69. The number of aromatic nitrogens is 1. The van der Waals surface area contributed by atoms with E-state index in [1.807, 2.05) is 20.8 Å². The number of quaternary nitrogens is 1. The second-order valence-electron chi connectivity index (χ2n) is 11.0. The van der Waals surface area contributed by atoms with Crippen LogP contribution in [0.15, 0.2) is 23.8 Å². The molecule has 2 aliphatic carbocycles. The van der Waals surface area contributed by atoms with Gasteiger partial charge in [0.2, 0.25) is 0 Å². The second-order valence-corrected chi connectivity index (χ2v) is 11.0. The summed E-state index contributed by atoms with van der Waals surface area (Å²) in [5.74, 6) is 0.786. The SMILES string of the molecule is CC(C)C=C1C2C=CC1c1c2c(O)n(CC[N+](C)(C)CCCC(=O)OC(C)(C)C)c1O. The van der Waals surface area contributed by atoms with Crippen LogP contribution >= 0.6 is 0 Å². The van der Waals surface area contributed by atoms with E-state index in [4.69, 9.17) is 4.74 Å². The largest absolute Gasteiger partial charge is 0.494 e. The summed E-state index contributed by atoms with van der Waals surface area (Å²) >= 11 is 0. The third kappa shape index (κ3) is 5.00. The standard InChI is InChI=1S/C25H38N2O4/c1-16(2)15-19-17-10-11-18(19)22-21(17)23(29)26(24(22)30)12-14-27(6,7)13-8-9-20(28)31-25(3,4)5/h10-11,15-18H,8-9,12-14H2,1-7H3,(H-,29,30)/p+1. The minimum atomic E-state index is -0.455. The topological polar surface area (TPSA) is 71.7 Å². The molecule has 1 aromatic heterocycles. The lowest BCUT2D eigenvalue weighted by molar-refractivity contribution is -0.891. The fourth-order valence-corrected chi connectivity index (χ4v) is 4.74. The molecule has 0 saturated heterocycles. The van der Waals surface area contributed by atoms with Gasteiger partial charge >= 0.3 is 5.97 Å². The summed E-state index contributed by atoms with van der Waals surface area (Å²) in [6.45, 7) is 12.0. The Balaban J connectivity index is 1.62. The number of ether oxygens (including phenoxy) is 1. The van der Waals surface area contributed by atoms with Crippen molar-refractivity contribution >= 4 is 5.97 Å². The van der Waals surface area contributed by atoms with E-state index in [1.165, 1.54) is 5.57 Å². The van der Waals surface area contributed by atoms with Crippen molar-refractivity contribution in [3.63, 3.8) is 0 Å². The first-order valence-electron chi connectivity index (χ1n) is 11.4. The number of likely N-dealkylation sites (N-methyl/N-ethyl adjacent to an activating group) is 1. The molecular formula is C25H39N2O4+. The smallest absolute Gasteiger partial charge is 0.306 e. The molecule has 6 nitrogen and oxygen atoms in total. The maximum Gasteiger partial charge on any atom is 0.306 e. The third-order valence-electron chi connectivity index (χ3n) is 6.14. The number of aromatic hydroxyl groups is 2. The van der Waals surface area contributed by atoms with Crippen LogP contribution < -0.4 is 0 Å². The summed E-state index contributed by atoms with van der Waals surface area (Å²) in [7, 11) is 4.21. The Labute approximate surface area is 186 Å². The molecule has 2 atom stereocenters. The number of allylic oxidation sites excluding steroid dienone is 4. The number of carbonyl (C=O) groups excluding carboxylic acids is 1. The lowest BCUT2D eigenvalue weighted by atomic mass is 9.97. The first-order valence-corrected chi connectivity index (χ1v) is 11.4. The van der Waals surface area contributed by atoms with Gasteiger partial charge < -0.3 is 19.4 Å². The highest BCUT2D eigenvalue weighted by Crippen LogP contribution is 2.59. The fraction of sp³-hybridized carbons (Fsp3) is 0.640. The fourth-order valence-electron chi connectivity index (χ4n) is 4.74. The molecule has 2 aliphatic rings. The lowest BCUT2D eigenvalue weighted by Crippen LogP contribution is -2.43. The van der Waals surface area contributed by atoms with Gasteiger partial charge in [-0.2, -0.15) is 0 Å². The molecule has 1 heterocycles. The van der Waals surface area contributed by atoms with Crippen LogP contribution in [0.2, 0.25) is 0 Å². The van der Waals surface area contributed by atoms with Gasteiger partial charge in [0.25, 0.3) is 0 Å². The van der Waals surface area contributed by atoms with E-state index in [-0.39, 0.29) is 29.6 Å². The minimum Gasteiger partial charge on any atom is -0.494 e. The Kier molecular flexibility index (Phi) is 6.34. The van der Waals surface area contributed by atoms with Crippen LogP contribution in [0.25, 0.3) is 0 Å².